The Balaban J connectivity index is 1.48. The van der Waals surface area contributed by atoms with Crippen molar-refractivity contribution in [2.24, 2.45) is 5.92 Å². The molecule has 0 unspecified atom stereocenters. The third-order valence-electron chi connectivity index (χ3n) is 5.46. The van der Waals surface area contributed by atoms with Gasteiger partial charge < -0.3 is 4.90 Å². The number of halogens is 1. The number of hydrogen-bond donors (Lipinski definition) is 0. The lowest BCUT2D eigenvalue weighted by Gasteiger charge is -2.33. The molecule has 2 heterocycles. The lowest BCUT2D eigenvalue weighted by molar-refractivity contribution is -0.123. The van der Waals surface area contributed by atoms with E-state index in [4.69, 9.17) is 0 Å². The van der Waals surface area contributed by atoms with Gasteiger partial charge in [0.2, 0.25) is 15.9 Å². The van der Waals surface area contributed by atoms with Gasteiger partial charge in [-0.3, -0.25) is 4.79 Å². The average molecular weight is 435 g/mol. The van der Waals surface area contributed by atoms with E-state index in [9.17, 15) is 17.6 Å². The second kappa shape index (κ2) is 8.45. The zero-order valence-corrected chi connectivity index (χ0v) is 17.6. The number of thioether (sulfide) groups is 1. The summed E-state index contributed by atoms with van der Waals surface area (Å²) in [6, 6.07) is 13.3. The molecule has 0 radical (unpaired) electrons. The molecule has 5 nitrogen and oxygen atoms in total. The minimum Gasteiger partial charge on any atom is -0.311 e. The molecule has 154 valence electrons. The quantitative estimate of drug-likeness (QED) is 0.738. The van der Waals surface area contributed by atoms with E-state index >= 15 is 0 Å². The van der Waals surface area contributed by atoms with Crippen molar-refractivity contribution in [1.29, 1.82) is 0 Å². The third-order valence-corrected chi connectivity index (χ3v) is 8.54. The van der Waals surface area contributed by atoms with Crippen LogP contribution in [0.1, 0.15) is 19.3 Å². The molecule has 0 N–H and O–H groups in total. The SMILES string of the molecule is O=C(C1CCN(S(=O)(=O)c2ccccc2F)CC1)N1CCCSc2ccccc21. The molecule has 2 aromatic carbocycles. The Morgan fingerprint density at radius 2 is 1.69 bits per heavy atom. The number of piperidine rings is 1. The Morgan fingerprint density at radius 1 is 1.00 bits per heavy atom. The van der Waals surface area contributed by atoms with Crippen LogP contribution < -0.4 is 4.90 Å². The van der Waals surface area contributed by atoms with Gasteiger partial charge in [0.1, 0.15) is 10.7 Å². The summed E-state index contributed by atoms with van der Waals surface area (Å²) in [6.45, 7) is 1.12. The molecule has 1 saturated heterocycles. The Morgan fingerprint density at radius 3 is 2.45 bits per heavy atom. The van der Waals surface area contributed by atoms with Crippen LogP contribution in [0.2, 0.25) is 0 Å². The van der Waals surface area contributed by atoms with Crippen LogP contribution in [-0.4, -0.2) is 44.0 Å². The van der Waals surface area contributed by atoms with Gasteiger partial charge >= 0.3 is 0 Å². The van der Waals surface area contributed by atoms with Crippen molar-refractivity contribution in [2.45, 2.75) is 29.1 Å². The molecule has 0 spiro atoms. The van der Waals surface area contributed by atoms with Crippen molar-refractivity contribution >= 4 is 33.4 Å². The smallest absolute Gasteiger partial charge is 0.245 e. The van der Waals surface area contributed by atoms with E-state index in [-0.39, 0.29) is 29.8 Å². The number of hydrogen-bond acceptors (Lipinski definition) is 4. The van der Waals surface area contributed by atoms with Crippen LogP contribution in [0.3, 0.4) is 0 Å². The summed E-state index contributed by atoms with van der Waals surface area (Å²) < 4.78 is 40.9. The molecule has 1 fully saturated rings. The molecule has 0 aliphatic carbocycles. The maximum Gasteiger partial charge on any atom is 0.245 e. The summed E-state index contributed by atoms with van der Waals surface area (Å²) in [5.41, 5.74) is 0.946. The molecule has 4 rings (SSSR count). The van der Waals surface area contributed by atoms with Crippen LogP contribution in [0.15, 0.2) is 58.3 Å². The first-order valence-electron chi connectivity index (χ1n) is 9.76. The van der Waals surface area contributed by atoms with Crippen molar-refractivity contribution < 1.29 is 17.6 Å². The van der Waals surface area contributed by atoms with Crippen molar-refractivity contribution in [1.82, 2.24) is 4.31 Å². The zero-order chi connectivity index (χ0) is 20.4. The highest BCUT2D eigenvalue weighted by atomic mass is 32.2. The van der Waals surface area contributed by atoms with Gasteiger partial charge in [-0.15, -0.1) is 11.8 Å². The van der Waals surface area contributed by atoms with Crippen molar-refractivity contribution in [3.63, 3.8) is 0 Å². The molecule has 2 aliphatic rings. The van der Waals surface area contributed by atoms with Crippen LogP contribution in [-0.2, 0) is 14.8 Å². The molecule has 0 saturated carbocycles. The number of benzene rings is 2. The first kappa shape index (κ1) is 20.4. The van der Waals surface area contributed by atoms with Gasteiger partial charge in [0.25, 0.3) is 0 Å². The molecular weight excluding hydrogens is 411 g/mol. The van der Waals surface area contributed by atoms with Gasteiger partial charge in [-0.25, -0.2) is 12.8 Å². The number of para-hydroxylation sites is 1. The van der Waals surface area contributed by atoms with Crippen molar-refractivity contribution in [3.8, 4) is 0 Å². The number of sulfonamides is 1. The number of fused-ring (bicyclic) bond motifs is 1. The van der Waals surface area contributed by atoms with Crippen molar-refractivity contribution in [2.75, 3.05) is 30.3 Å². The van der Waals surface area contributed by atoms with E-state index in [2.05, 4.69) is 0 Å². The average Bonchev–Trinajstić information content (AvgIpc) is 2.96. The Kier molecular flexibility index (Phi) is 5.94. The molecule has 2 aromatic rings. The first-order chi connectivity index (χ1) is 14.0. The Bertz CT molecular complexity index is 1000. The first-order valence-corrected chi connectivity index (χ1v) is 12.2. The predicted octanol–water partition coefficient (Wildman–Crippen LogP) is 3.76. The minimum absolute atomic E-state index is 0.0582. The van der Waals surface area contributed by atoms with E-state index in [0.29, 0.717) is 19.4 Å². The van der Waals surface area contributed by atoms with E-state index in [0.717, 1.165) is 28.8 Å². The monoisotopic (exact) mass is 434 g/mol. The Hall–Kier alpha value is -1.90. The summed E-state index contributed by atoms with van der Waals surface area (Å²) in [4.78, 5) is 15.9. The summed E-state index contributed by atoms with van der Waals surface area (Å²) >= 11 is 1.76. The van der Waals surface area contributed by atoms with Gasteiger partial charge in [0, 0.05) is 30.4 Å². The molecule has 29 heavy (non-hydrogen) atoms. The van der Waals surface area contributed by atoms with Crippen LogP contribution in [0, 0.1) is 11.7 Å². The minimum atomic E-state index is -3.89. The number of nitrogens with zero attached hydrogens (tertiary/aromatic N) is 2. The van der Waals surface area contributed by atoms with Gasteiger partial charge in [0.05, 0.1) is 5.69 Å². The van der Waals surface area contributed by atoms with Gasteiger partial charge in [-0.05, 0) is 49.3 Å². The normalized spacial score (nSPS) is 18.9. The number of anilines is 1. The topological polar surface area (TPSA) is 57.7 Å². The van der Waals surface area contributed by atoms with Crippen molar-refractivity contribution in [3.05, 3.63) is 54.3 Å². The fourth-order valence-corrected chi connectivity index (χ4v) is 6.44. The number of carbonyl (C=O) groups is 1. The maximum absolute atomic E-state index is 14.0. The predicted molar refractivity (Wildman–Crippen MR) is 112 cm³/mol. The molecule has 8 heteroatoms. The summed E-state index contributed by atoms with van der Waals surface area (Å²) in [5, 5.41) is 0. The highest BCUT2D eigenvalue weighted by Crippen LogP contribution is 2.35. The Labute approximate surface area is 174 Å². The second-order valence-corrected chi connectivity index (χ2v) is 10.3. The van der Waals surface area contributed by atoms with Gasteiger partial charge in [0.15, 0.2) is 0 Å². The van der Waals surface area contributed by atoms with Crippen LogP contribution in [0.5, 0.6) is 0 Å². The number of rotatable bonds is 3. The van der Waals surface area contributed by atoms with E-state index in [1.165, 1.54) is 22.5 Å². The van der Waals surface area contributed by atoms with Crippen LogP contribution in [0.25, 0.3) is 0 Å². The molecule has 0 bridgehead atoms. The molecule has 0 aromatic heterocycles. The summed E-state index contributed by atoms with van der Waals surface area (Å²) in [7, 11) is -3.89. The molecular formula is C21H23FN2O3S2. The summed E-state index contributed by atoms with van der Waals surface area (Å²) in [6.07, 6.45) is 1.81. The molecule has 2 aliphatic heterocycles. The van der Waals surface area contributed by atoms with Gasteiger partial charge in [-0.1, -0.05) is 24.3 Å². The third kappa shape index (κ3) is 4.06. The highest BCUT2D eigenvalue weighted by molar-refractivity contribution is 7.99. The highest BCUT2D eigenvalue weighted by Gasteiger charge is 2.35. The lowest BCUT2D eigenvalue weighted by atomic mass is 9.96. The standard InChI is InChI=1S/C21H23FN2O3S2/c22-17-6-1-4-9-20(17)29(26,27)23-13-10-16(11-14-23)21(25)24-12-5-15-28-19-8-3-2-7-18(19)24/h1-4,6-9,16H,5,10-15H2. The van der Waals surface area contributed by atoms with E-state index in [1.54, 1.807) is 11.8 Å². The molecule has 0 atom stereocenters. The summed E-state index contributed by atoms with van der Waals surface area (Å²) in [5.74, 6) is 0.0608. The fourth-order valence-electron chi connectivity index (χ4n) is 3.91. The largest absolute Gasteiger partial charge is 0.311 e. The lowest BCUT2D eigenvalue weighted by Crippen LogP contribution is -2.45. The second-order valence-electron chi connectivity index (χ2n) is 7.27. The number of carbonyl (C=O) groups excluding carboxylic acids is 1. The fraction of sp³-hybridized carbons (Fsp3) is 0.381. The maximum atomic E-state index is 14.0. The van der Waals surface area contributed by atoms with E-state index in [1.807, 2.05) is 29.2 Å². The van der Waals surface area contributed by atoms with Gasteiger partial charge in [-0.2, -0.15) is 4.31 Å². The van der Waals surface area contributed by atoms with E-state index < -0.39 is 15.8 Å². The van der Waals surface area contributed by atoms with Crippen LogP contribution in [0.4, 0.5) is 10.1 Å². The number of amides is 1. The van der Waals surface area contributed by atoms with Crippen LogP contribution >= 0.6 is 11.8 Å². The molecule has 1 amide bonds. The zero-order valence-electron chi connectivity index (χ0n) is 16.0.